The first-order chi connectivity index (χ1) is 9.46. The van der Waals surface area contributed by atoms with Gasteiger partial charge in [-0.3, -0.25) is 9.59 Å². The number of amides is 1. The predicted molar refractivity (Wildman–Crippen MR) is 78.3 cm³/mol. The van der Waals surface area contributed by atoms with E-state index in [-0.39, 0.29) is 18.5 Å². The Bertz CT molecular complexity index is 321. The van der Waals surface area contributed by atoms with Crippen molar-refractivity contribution < 1.29 is 14.7 Å². The predicted octanol–water partition coefficient (Wildman–Crippen LogP) is 2.05. The van der Waals surface area contributed by atoms with Gasteiger partial charge < -0.3 is 16.2 Å². The van der Waals surface area contributed by atoms with E-state index in [4.69, 9.17) is 5.73 Å². The van der Waals surface area contributed by atoms with Crippen LogP contribution in [0.25, 0.3) is 0 Å². The summed E-state index contributed by atoms with van der Waals surface area (Å²) in [6.45, 7) is 2.18. The van der Waals surface area contributed by atoms with E-state index in [9.17, 15) is 14.7 Å². The minimum atomic E-state index is -0.768. The van der Waals surface area contributed by atoms with Crippen molar-refractivity contribution in [2.24, 2.45) is 11.1 Å². The van der Waals surface area contributed by atoms with Crippen LogP contribution in [0.3, 0.4) is 0 Å². The summed E-state index contributed by atoms with van der Waals surface area (Å²) in [4.78, 5) is 23.4. The molecule has 0 aliphatic heterocycles. The van der Waals surface area contributed by atoms with Gasteiger partial charge in [0.2, 0.25) is 5.91 Å². The highest BCUT2D eigenvalue weighted by atomic mass is 16.4. The van der Waals surface area contributed by atoms with Gasteiger partial charge in [0.15, 0.2) is 0 Å². The Hall–Kier alpha value is -1.10. The molecule has 5 nitrogen and oxygen atoms in total. The van der Waals surface area contributed by atoms with Crippen LogP contribution in [0, 0.1) is 5.41 Å². The topological polar surface area (TPSA) is 92.4 Å². The highest BCUT2D eigenvalue weighted by Crippen LogP contribution is 2.34. The number of nitrogens with two attached hydrogens (primary N) is 1. The summed E-state index contributed by atoms with van der Waals surface area (Å²) < 4.78 is 0. The van der Waals surface area contributed by atoms with Crippen molar-refractivity contribution in [1.82, 2.24) is 5.32 Å². The fourth-order valence-electron chi connectivity index (χ4n) is 2.81. The highest BCUT2D eigenvalue weighted by Gasteiger charge is 2.38. The maximum atomic E-state index is 11.8. The Balaban J connectivity index is 2.42. The van der Waals surface area contributed by atoms with E-state index in [1.165, 1.54) is 0 Å². The first-order valence-corrected chi connectivity index (χ1v) is 7.72. The second-order valence-electron chi connectivity index (χ2n) is 6.15. The van der Waals surface area contributed by atoms with Crippen LogP contribution in [0.4, 0.5) is 0 Å². The molecule has 0 bridgehead atoms. The number of nitrogens with one attached hydrogen (secondary N) is 1. The number of hydrogen-bond acceptors (Lipinski definition) is 3. The summed E-state index contributed by atoms with van der Waals surface area (Å²) in [5.41, 5.74) is 4.88. The van der Waals surface area contributed by atoms with Crippen molar-refractivity contribution in [3.8, 4) is 0 Å². The van der Waals surface area contributed by atoms with Crippen LogP contribution < -0.4 is 11.1 Å². The van der Waals surface area contributed by atoms with E-state index in [2.05, 4.69) is 5.32 Å². The van der Waals surface area contributed by atoms with E-state index >= 15 is 0 Å². The Morgan fingerprint density at radius 3 is 2.35 bits per heavy atom. The van der Waals surface area contributed by atoms with Gasteiger partial charge >= 0.3 is 5.97 Å². The molecular weight excluding hydrogens is 256 g/mol. The summed E-state index contributed by atoms with van der Waals surface area (Å²) in [6.07, 6.45) is 7.40. The molecule has 0 saturated heterocycles. The van der Waals surface area contributed by atoms with Crippen molar-refractivity contribution in [2.45, 2.75) is 70.8 Å². The number of rotatable bonds is 7. The summed E-state index contributed by atoms with van der Waals surface area (Å²) in [5.74, 6) is -0.828. The molecule has 0 aromatic heterocycles. The first-order valence-electron chi connectivity index (χ1n) is 7.72. The zero-order chi connectivity index (χ0) is 15.0. The first kappa shape index (κ1) is 17.0. The normalized spacial score (nSPS) is 19.9. The minimum Gasteiger partial charge on any atom is -0.481 e. The molecule has 1 fully saturated rings. The van der Waals surface area contributed by atoms with Crippen LogP contribution >= 0.6 is 0 Å². The maximum Gasteiger partial charge on any atom is 0.311 e. The lowest BCUT2D eigenvalue weighted by molar-refractivity contribution is -0.149. The third-order valence-electron chi connectivity index (χ3n) is 4.20. The molecule has 0 aromatic carbocycles. The highest BCUT2D eigenvalue weighted by molar-refractivity contribution is 5.79. The molecule has 1 atom stereocenters. The van der Waals surface area contributed by atoms with Crippen LogP contribution in [-0.4, -0.2) is 29.6 Å². The Kier molecular flexibility index (Phi) is 6.99. The molecular formula is C15H28N2O3. The molecule has 0 heterocycles. The number of carboxylic acids is 1. The number of aliphatic carboxylic acids is 1. The number of carbonyl (C=O) groups is 2. The van der Waals surface area contributed by atoms with E-state index in [0.717, 1.165) is 38.5 Å². The molecule has 1 aliphatic rings. The van der Waals surface area contributed by atoms with E-state index in [1.807, 2.05) is 6.92 Å². The van der Waals surface area contributed by atoms with Gasteiger partial charge in [-0.2, -0.15) is 0 Å². The fraction of sp³-hybridized carbons (Fsp3) is 0.867. The van der Waals surface area contributed by atoms with Crippen LogP contribution in [-0.2, 0) is 9.59 Å². The van der Waals surface area contributed by atoms with Gasteiger partial charge in [0, 0.05) is 19.0 Å². The number of carboxylic acid groups (broad SMARTS) is 1. The minimum absolute atomic E-state index is 0.0597. The monoisotopic (exact) mass is 284 g/mol. The zero-order valence-electron chi connectivity index (χ0n) is 12.5. The SMILES string of the molecule is CC(N)CCCC(=O)NCC1(C(=O)O)CCCCCC1. The molecule has 1 rings (SSSR count). The van der Waals surface area contributed by atoms with Crippen molar-refractivity contribution in [3.05, 3.63) is 0 Å². The van der Waals surface area contributed by atoms with Crippen LogP contribution in [0.5, 0.6) is 0 Å². The quantitative estimate of drug-likeness (QED) is 0.624. The van der Waals surface area contributed by atoms with Gasteiger partial charge in [-0.1, -0.05) is 25.7 Å². The van der Waals surface area contributed by atoms with Gasteiger partial charge in [-0.15, -0.1) is 0 Å². The van der Waals surface area contributed by atoms with E-state index in [1.54, 1.807) is 0 Å². The van der Waals surface area contributed by atoms with Crippen LogP contribution in [0.1, 0.15) is 64.7 Å². The molecule has 0 radical (unpaired) electrons. The number of hydrogen-bond donors (Lipinski definition) is 3. The molecule has 0 aromatic rings. The Morgan fingerprint density at radius 2 is 1.85 bits per heavy atom. The number of carbonyl (C=O) groups excluding carboxylic acids is 1. The molecule has 1 amide bonds. The second-order valence-corrected chi connectivity index (χ2v) is 6.15. The van der Waals surface area contributed by atoms with Crippen LogP contribution in [0.2, 0.25) is 0 Å². The third-order valence-corrected chi connectivity index (χ3v) is 4.20. The van der Waals surface area contributed by atoms with Crippen molar-refractivity contribution in [2.75, 3.05) is 6.54 Å². The average Bonchev–Trinajstić information content (AvgIpc) is 2.62. The molecule has 20 heavy (non-hydrogen) atoms. The van der Waals surface area contributed by atoms with Crippen molar-refractivity contribution in [3.63, 3.8) is 0 Å². The molecule has 116 valence electrons. The van der Waals surface area contributed by atoms with Gasteiger partial charge in [0.25, 0.3) is 0 Å². The summed E-state index contributed by atoms with van der Waals surface area (Å²) in [7, 11) is 0. The zero-order valence-corrected chi connectivity index (χ0v) is 12.5. The van der Waals surface area contributed by atoms with Crippen molar-refractivity contribution in [1.29, 1.82) is 0 Å². The summed E-state index contributed by atoms with van der Waals surface area (Å²) in [6, 6.07) is 0.106. The van der Waals surface area contributed by atoms with Gasteiger partial charge in [-0.25, -0.2) is 0 Å². The molecule has 1 unspecified atom stereocenters. The molecule has 1 saturated carbocycles. The standard InChI is InChI=1S/C15H28N2O3/c1-12(16)7-6-8-13(18)17-11-15(14(19)20)9-4-2-3-5-10-15/h12H,2-11,16H2,1H3,(H,17,18)(H,19,20). The van der Waals surface area contributed by atoms with E-state index in [0.29, 0.717) is 19.3 Å². The Labute approximate surface area is 121 Å². The summed E-state index contributed by atoms with van der Waals surface area (Å²) >= 11 is 0. The molecule has 5 heteroatoms. The lowest BCUT2D eigenvalue weighted by Crippen LogP contribution is -2.42. The second kappa shape index (κ2) is 8.25. The maximum absolute atomic E-state index is 11.8. The van der Waals surface area contributed by atoms with Crippen molar-refractivity contribution >= 4 is 11.9 Å². The largest absolute Gasteiger partial charge is 0.481 e. The molecule has 1 aliphatic carbocycles. The van der Waals surface area contributed by atoms with Gasteiger partial charge in [0.1, 0.15) is 0 Å². The van der Waals surface area contributed by atoms with Gasteiger partial charge in [0.05, 0.1) is 5.41 Å². The summed E-state index contributed by atoms with van der Waals surface area (Å²) in [5, 5.41) is 12.3. The lowest BCUT2D eigenvalue weighted by atomic mass is 9.80. The fourth-order valence-corrected chi connectivity index (χ4v) is 2.81. The van der Waals surface area contributed by atoms with Gasteiger partial charge in [-0.05, 0) is 32.6 Å². The van der Waals surface area contributed by atoms with Crippen LogP contribution in [0.15, 0.2) is 0 Å². The third kappa shape index (κ3) is 5.49. The molecule has 0 spiro atoms. The smallest absolute Gasteiger partial charge is 0.311 e. The average molecular weight is 284 g/mol. The Morgan fingerprint density at radius 1 is 1.25 bits per heavy atom. The lowest BCUT2D eigenvalue weighted by Gasteiger charge is -2.28. The van der Waals surface area contributed by atoms with E-state index < -0.39 is 11.4 Å². The molecule has 4 N–H and O–H groups in total.